The third-order valence-corrected chi connectivity index (χ3v) is 4.96. The molecule has 2 bridgehead atoms. The molecule has 2 aromatic heterocycles. The molecule has 4 aliphatic rings. The van der Waals surface area contributed by atoms with Crippen LogP contribution in [0, 0.1) is 6.92 Å². The van der Waals surface area contributed by atoms with Gasteiger partial charge in [-0.05, 0) is 13.0 Å². The maximum Gasteiger partial charge on any atom is 0.347 e. The van der Waals surface area contributed by atoms with Gasteiger partial charge >= 0.3 is 11.4 Å². The van der Waals surface area contributed by atoms with Crippen LogP contribution in [0.15, 0.2) is 15.7 Å². The van der Waals surface area contributed by atoms with Crippen LogP contribution in [0.4, 0.5) is 0 Å². The molecule has 0 N–H and O–H groups in total. The van der Waals surface area contributed by atoms with E-state index in [1.54, 1.807) is 6.07 Å². The summed E-state index contributed by atoms with van der Waals surface area (Å²) in [6, 6.07) is 1.06. The second-order valence-corrected chi connectivity index (χ2v) is 6.22. The summed E-state index contributed by atoms with van der Waals surface area (Å²) in [5.74, 6) is 0. The molecule has 0 spiro atoms. The topological polar surface area (TPSA) is 74.3 Å². The Balaban J connectivity index is 1.95. The number of rotatable bonds is 0. The second-order valence-electron chi connectivity index (χ2n) is 5.81. The number of pyridine rings is 1. The lowest BCUT2D eigenvalue weighted by atomic mass is 9.85. The van der Waals surface area contributed by atoms with Crippen molar-refractivity contribution in [2.24, 2.45) is 7.05 Å². The van der Waals surface area contributed by atoms with Gasteiger partial charge in [-0.1, -0.05) is 11.6 Å². The first-order chi connectivity index (χ1) is 10.0. The van der Waals surface area contributed by atoms with Gasteiger partial charge < -0.3 is 4.74 Å². The van der Waals surface area contributed by atoms with Crippen LogP contribution in [0.3, 0.4) is 0 Å². The molecule has 1 aliphatic carbocycles. The lowest BCUT2D eigenvalue weighted by Gasteiger charge is -2.36. The van der Waals surface area contributed by atoms with Gasteiger partial charge in [-0.25, -0.2) is 23.5 Å². The third-order valence-electron chi connectivity index (χ3n) is 4.65. The number of nitrogens with zero attached hydrogens (tertiary/aromatic N) is 4. The minimum Gasteiger partial charge on any atom is -0.364 e. The van der Waals surface area contributed by atoms with Crippen LogP contribution in [-0.2, 0) is 11.8 Å². The number of hydrogen-bond donors (Lipinski definition) is 0. The molecule has 5 heterocycles. The zero-order chi connectivity index (χ0) is 14.6. The van der Waals surface area contributed by atoms with Crippen molar-refractivity contribution >= 4 is 11.6 Å². The van der Waals surface area contributed by atoms with Gasteiger partial charge in [0.25, 0.3) is 0 Å². The summed E-state index contributed by atoms with van der Waals surface area (Å²) in [6.45, 7) is 1.86. The fraction of sp³-hybridized carbons (Fsp3) is 0.462. The van der Waals surface area contributed by atoms with E-state index in [1.165, 1.54) is 16.4 Å². The van der Waals surface area contributed by atoms with E-state index in [-0.39, 0.29) is 35.7 Å². The highest BCUT2D eigenvalue weighted by Gasteiger charge is 2.63. The number of halogens is 1. The zero-order valence-corrected chi connectivity index (χ0v) is 12.0. The average Bonchev–Trinajstić information content (AvgIpc) is 3.20. The first-order valence-corrected chi connectivity index (χ1v) is 7.11. The minimum absolute atomic E-state index is 0.0904. The summed E-state index contributed by atoms with van der Waals surface area (Å²) in [6.07, 6.45) is -0.184. The third kappa shape index (κ3) is 1.15. The number of hydrogen-bond acceptors (Lipinski definition) is 4. The van der Waals surface area contributed by atoms with Crippen molar-refractivity contribution < 1.29 is 4.74 Å². The molecule has 108 valence electrons. The summed E-state index contributed by atoms with van der Waals surface area (Å²) in [5.41, 5.74) is 1.69. The molecule has 3 aliphatic heterocycles. The molecule has 4 atom stereocenters. The lowest BCUT2D eigenvalue weighted by molar-refractivity contribution is 0.271. The highest BCUT2D eigenvalue weighted by atomic mass is 35.5. The monoisotopic (exact) mass is 306 g/mol. The van der Waals surface area contributed by atoms with Crippen molar-refractivity contribution in [1.82, 2.24) is 18.9 Å². The molecule has 8 heteroatoms. The van der Waals surface area contributed by atoms with Gasteiger partial charge in [-0.2, -0.15) is 0 Å². The highest BCUT2D eigenvalue weighted by molar-refractivity contribution is 6.31. The molecule has 1 saturated heterocycles. The summed E-state index contributed by atoms with van der Waals surface area (Å²) < 4.78 is 9.78. The summed E-state index contributed by atoms with van der Waals surface area (Å²) in [5, 5.41) is 0.580. The molecule has 4 unspecified atom stereocenters. The van der Waals surface area contributed by atoms with Crippen LogP contribution < -0.4 is 11.4 Å². The van der Waals surface area contributed by atoms with Gasteiger partial charge in [0, 0.05) is 23.3 Å². The van der Waals surface area contributed by atoms with E-state index in [2.05, 4.69) is 4.98 Å². The fourth-order valence-corrected chi connectivity index (χ4v) is 4.11. The molecule has 0 amide bonds. The van der Waals surface area contributed by atoms with E-state index in [9.17, 15) is 9.59 Å². The Morgan fingerprint density at radius 1 is 1.19 bits per heavy atom. The Morgan fingerprint density at radius 3 is 2.52 bits per heavy atom. The molecule has 0 saturated carbocycles. The standard InChI is InChI=1S/C13H11ClN4O3/c1-4-3-5(14)6-7(15-4)9-11-10(21-11)8(6)17-12(19)16(2)13(20)18(9)17/h3,8-11H,1-2H3. The van der Waals surface area contributed by atoms with Crippen molar-refractivity contribution in [1.29, 1.82) is 0 Å². The van der Waals surface area contributed by atoms with Gasteiger partial charge in [0.05, 0.1) is 5.69 Å². The van der Waals surface area contributed by atoms with Crippen molar-refractivity contribution in [3.8, 4) is 0 Å². The fourth-order valence-electron chi connectivity index (χ4n) is 3.74. The van der Waals surface area contributed by atoms with Crippen LogP contribution >= 0.6 is 11.6 Å². The Labute approximate surface area is 123 Å². The molecule has 2 aromatic rings. The normalized spacial score (nSPS) is 30.8. The van der Waals surface area contributed by atoms with E-state index in [1.807, 2.05) is 6.92 Å². The quantitative estimate of drug-likeness (QED) is 0.641. The molecule has 0 radical (unpaired) electrons. The van der Waals surface area contributed by atoms with Crippen LogP contribution in [0.5, 0.6) is 0 Å². The van der Waals surface area contributed by atoms with Gasteiger partial charge in [0.2, 0.25) is 0 Å². The number of ether oxygens (including phenoxy) is 1. The lowest BCUT2D eigenvalue weighted by Crippen LogP contribution is -2.48. The van der Waals surface area contributed by atoms with E-state index < -0.39 is 0 Å². The summed E-state index contributed by atoms with van der Waals surface area (Å²) >= 11 is 6.39. The van der Waals surface area contributed by atoms with Crippen molar-refractivity contribution in [2.45, 2.75) is 31.2 Å². The predicted molar refractivity (Wildman–Crippen MR) is 72.9 cm³/mol. The average molecular weight is 307 g/mol. The Kier molecular flexibility index (Phi) is 1.85. The largest absolute Gasteiger partial charge is 0.364 e. The van der Waals surface area contributed by atoms with Gasteiger partial charge in [-0.15, -0.1) is 0 Å². The van der Waals surface area contributed by atoms with E-state index >= 15 is 0 Å². The van der Waals surface area contributed by atoms with Gasteiger partial charge in [0.15, 0.2) is 0 Å². The molecule has 1 fully saturated rings. The molecule has 21 heavy (non-hydrogen) atoms. The minimum atomic E-state index is -0.367. The van der Waals surface area contributed by atoms with E-state index in [4.69, 9.17) is 16.3 Å². The van der Waals surface area contributed by atoms with Gasteiger partial charge in [0.1, 0.15) is 24.3 Å². The summed E-state index contributed by atoms with van der Waals surface area (Å²) in [7, 11) is 1.49. The molecule has 7 nitrogen and oxygen atoms in total. The van der Waals surface area contributed by atoms with E-state index in [0.717, 1.165) is 21.5 Å². The molecule has 0 aromatic carbocycles. The van der Waals surface area contributed by atoms with Gasteiger partial charge in [-0.3, -0.25) is 4.98 Å². The highest BCUT2D eigenvalue weighted by Crippen LogP contribution is 2.55. The number of epoxide rings is 1. The van der Waals surface area contributed by atoms with Crippen LogP contribution in [0.1, 0.15) is 29.0 Å². The Hall–Kier alpha value is -1.86. The Morgan fingerprint density at radius 2 is 1.81 bits per heavy atom. The SMILES string of the molecule is Cc1cc(Cl)c2c(n1)C1C3OC3C2n2c(=O)n(C)c(=O)n21. The smallest absolute Gasteiger partial charge is 0.347 e. The van der Waals surface area contributed by atoms with Crippen molar-refractivity contribution in [3.63, 3.8) is 0 Å². The predicted octanol–water partition coefficient (Wildman–Crippen LogP) is -0.0215. The van der Waals surface area contributed by atoms with Crippen LogP contribution in [0.25, 0.3) is 0 Å². The summed E-state index contributed by atoms with van der Waals surface area (Å²) in [4.78, 5) is 29.3. The molecular formula is C13H11ClN4O3. The van der Waals surface area contributed by atoms with Crippen LogP contribution in [-0.4, -0.2) is 31.1 Å². The first-order valence-electron chi connectivity index (χ1n) is 6.73. The molecular weight excluding hydrogens is 296 g/mol. The molecule has 6 rings (SSSR count). The van der Waals surface area contributed by atoms with E-state index in [0.29, 0.717) is 5.02 Å². The van der Waals surface area contributed by atoms with Crippen molar-refractivity contribution in [2.75, 3.05) is 0 Å². The Bertz CT molecular complexity index is 940. The second kappa shape index (κ2) is 3.31. The number of aromatic nitrogens is 4. The van der Waals surface area contributed by atoms with Crippen molar-refractivity contribution in [3.05, 3.63) is 49.0 Å². The van der Waals surface area contributed by atoms with Crippen LogP contribution in [0.2, 0.25) is 5.02 Å². The first kappa shape index (κ1) is 11.8. The number of aryl methyl sites for hydroxylation is 1. The maximum atomic E-state index is 12.4. The zero-order valence-electron chi connectivity index (χ0n) is 11.3. The maximum absolute atomic E-state index is 12.4.